The molecule has 1 aromatic carbocycles. The molecule has 1 aromatic rings. The van der Waals surface area contributed by atoms with Crippen LogP contribution in [0.15, 0.2) is 23.3 Å². The number of ether oxygens (including phenoxy) is 1. The maximum absolute atomic E-state index is 12.4. The number of nitrogens with zero attached hydrogens (tertiary/aromatic N) is 2. The van der Waals surface area contributed by atoms with Crippen molar-refractivity contribution in [2.45, 2.75) is 59.1 Å². The molecule has 8 heteroatoms. The van der Waals surface area contributed by atoms with E-state index in [2.05, 4.69) is 10.4 Å². The van der Waals surface area contributed by atoms with E-state index >= 15 is 0 Å². The Labute approximate surface area is 163 Å². The lowest BCUT2D eigenvalue weighted by Gasteiger charge is -2.25. The number of hydrogen-bond donors (Lipinski definition) is 1. The highest BCUT2D eigenvalue weighted by atomic mass is 35.5. The maximum Gasteiger partial charge on any atom is 0.355 e. The molecule has 1 aliphatic heterocycles. The quantitative estimate of drug-likeness (QED) is 0.796. The fourth-order valence-corrected chi connectivity index (χ4v) is 2.54. The number of halogens is 1. The van der Waals surface area contributed by atoms with Crippen molar-refractivity contribution < 1.29 is 19.1 Å². The van der Waals surface area contributed by atoms with Gasteiger partial charge in [-0.1, -0.05) is 17.7 Å². The zero-order valence-corrected chi connectivity index (χ0v) is 16.9. The van der Waals surface area contributed by atoms with Crippen LogP contribution >= 0.6 is 11.6 Å². The summed E-state index contributed by atoms with van der Waals surface area (Å²) in [5.74, 6) is -1.36. The fourth-order valence-electron chi connectivity index (χ4n) is 2.37. The summed E-state index contributed by atoms with van der Waals surface area (Å²) in [6.45, 7) is 8.84. The van der Waals surface area contributed by atoms with Crippen molar-refractivity contribution >= 4 is 40.8 Å². The molecule has 0 aliphatic carbocycles. The molecular formula is C19H24ClN3O4. The molecule has 7 nitrogen and oxygen atoms in total. The first-order chi connectivity index (χ1) is 12.5. The second-order valence-electron chi connectivity index (χ2n) is 7.47. The van der Waals surface area contributed by atoms with E-state index in [-0.39, 0.29) is 24.5 Å². The highest BCUT2D eigenvalue weighted by Gasteiger charge is 2.29. The van der Waals surface area contributed by atoms with E-state index in [9.17, 15) is 14.4 Å². The number of anilines is 1. The molecule has 0 aromatic heterocycles. The third-order valence-corrected chi connectivity index (χ3v) is 4.23. The Morgan fingerprint density at radius 1 is 1.30 bits per heavy atom. The zero-order valence-electron chi connectivity index (χ0n) is 16.1. The van der Waals surface area contributed by atoms with Gasteiger partial charge in [0.15, 0.2) is 6.10 Å². The Morgan fingerprint density at radius 2 is 1.96 bits per heavy atom. The van der Waals surface area contributed by atoms with E-state index in [0.717, 1.165) is 10.6 Å². The van der Waals surface area contributed by atoms with Gasteiger partial charge in [0, 0.05) is 23.4 Å². The number of benzene rings is 1. The van der Waals surface area contributed by atoms with Crippen LogP contribution in [0, 0.1) is 6.92 Å². The van der Waals surface area contributed by atoms with Gasteiger partial charge >= 0.3 is 5.97 Å². The van der Waals surface area contributed by atoms with Crippen molar-refractivity contribution in [3.63, 3.8) is 0 Å². The van der Waals surface area contributed by atoms with Gasteiger partial charge in [-0.15, -0.1) is 0 Å². The molecule has 1 N–H and O–H groups in total. The van der Waals surface area contributed by atoms with E-state index < -0.39 is 23.5 Å². The standard InChI is InChI=1S/C19H24ClN3O4/c1-11-6-7-13(10-14(11)20)23-16(24)9-8-15(22-23)18(26)27-12(2)17(25)21-19(3,4)5/h6-7,10,12H,8-9H2,1-5H3,(H,21,25)/t12-/m1/s1. The van der Waals surface area contributed by atoms with Crippen LogP contribution in [-0.2, 0) is 19.1 Å². The smallest absolute Gasteiger partial charge is 0.355 e. The maximum atomic E-state index is 12.4. The van der Waals surface area contributed by atoms with Crippen molar-refractivity contribution in [1.82, 2.24) is 5.32 Å². The predicted molar refractivity (Wildman–Crippen MR) is 104 cm³/mol. The molecule has 2 rings (SSSR count). The van der Waals surface area contributed by atoms with Crippen molar-refractivity contribution in [2.24, 2.45) is 5.10 Å². The first-order valence-electron chi connectivity index (χ1n) is 8.67. The van der Waals surface area contributed by atoms with Crippen LogP contribution in [0.1, 0.15) is 46.1 Å². The number of hydrazone groups is 1. The summed E-state index contributed by atoms with van der Waals surface area (Å²) in [6, 6.07) is 5.09. The van der Waals surface area contributed by atoms with E-state index in [1.165, 1.54) is 6.92 Å². The molecule has 2 amide bonds. The van der Waals surface area contributed by atoms with Crippen LogP contribution in [0.4, 0.5) is 5.69 Å². The van der Waals surface area contributed by atoms with Gasteiger partial charge in [-0.3, -0.25) is 9.59 Å². The minimum atomic E-state index is -0.973. The van der Waals surface area contributed by atoms with E-state index in [1.807, 2.05) is 27.7 Å². The average Bonchev–Trinajstić information content (AvgIpc) is 2.56. The van der Waals surface area contributed by atoms with Crippen molar-refractivity contribution in [3.8, 4) is 0 Å². The minimum Gasteiger partial charge on any atom is -0.448 e. The lowest BCUT2D eigenvalue weighted by molar-refractivity contribution is -0.149. The third-order valence-electron chi connectivity index (χ3n) is 3.82. The summed E-state index contributed by atoms with van der Waals surface area (Å²) in [7, 11) is 0. The molecular weight excluding hydrogens is 370 g/mol. The molecule has 1 atom stereocenters. The summed E-state index contributed by atoms with van der Waals surface area (Å²) in [5, 5.41) is 8.51. The highest BCUT2D eigenvalue weighted by Crippen LogP contribution is 2.26. The molecule has 0 spiro atoms. The summed E-state index contributed by atoms with van der Waals surface area (Å²) >= 11 is 6.11. The second-order valence-corrected chi connectivity index (χ2v) is 7.88. The van der Waals surface area contributed by atoms with Crippen molar-refractivity contribution in [3.05, 3.63) is 28.8 Å². The van der Waals surface area contributed by atoms with Gasteiger partial charge < -0.3 is 10.1 Å². The lowest BCUT2D eigenvalue weighted by Crippen LogP contribution is -2.47. The lowest BCUT2D eigenvalue weighted by atomic mass is 10.1. The third kappa shape index (κ3) is 5.53. The van der Waals surface area contributed by atoms with Gasteiger partial charge in [0.1, 0.15) is 5.71 Å². The summed E-state index contributed by atoms with van der Waals surface area (Å²) < 4.78 is 5.21. The van der Waals surface area contributed by atoms with Gasteiger partial charge in [-0.05, 0) is 52.3 Å². The van der Waals surface area contributed by atoms with Gasteiger partial charge in [-0.2, -0.15) is 5.10 Å². The molecule has 0 bridgehead atoms. The summed E-state index contributed by atoms with van der Waals surface area (Å²) in [6.07, 6.45) is -0.706. The van der Waals surface area contributed by atoms with Crippen molar-refractivity contribution in [1.29, 1.82) is 0 Å². The van der Waals surface area contributed by atoms with E-state index in [4.69, 9.17) is 16.3 Å². The van der Waals surface area contributed by atoms with Crippen LogP contribution in [0.3, 0.4) is 0 Å². The average molecular weight is 394 g/mol. The summed E-state index contributed by atoms with van der Waals surface area (Å²) in [5.41, 5.74) is 0.988. The molecule has 27 heavy (non-hydrogen) atoms. The molecule has 0 saturated heterocycles. The van der Waals surface area contributed by atoms with Crippen LogP contribution < -0.4 is 10.3 Å². The predicted octanol–water partition coefficient (Wildman–Crippen LogP) is 2.98. The fraction of sp³-hybridized carbons (Fsp3) is 0.474. The highest BCUT2D eigenvalue weighted by molar-refractivity contribution is 6.38. The molecule has 1 aliphatic rings. The van der Waals surface area contributed by atoms with Crippen LogP contribution in [0.2, 0.25) is 5.02 Å². The summed E-state index contributed by atoms with van der Waals surface area (Å²) in [4.78, 5) is 36.7. The largest absolute Gasteiger partial charge is 0.448 e. The Hall–Kier alpha value is -2.41. The number of rotatable bonds is 4. The number of carbonyl (C=O) groups excluding carboxylic acids is 3. The van der Waals surface area contributed by atoms with Crippen LogP contribution in [0.25, 0.3) is 0 Å². The molecule has 146 valence electrons. The van der Waals surface area contributed by atoms with Gasteiger partial charge in [0.05, 0.1) is 5.69 Å². The number of amides is 2. The number of hydrogen-bond acceptors (Lipinski definition) is 5. The molecule has 0 fully saturated rings. The van der Waals surface area contributed by atoms with Crippen LogP contribution in [0.5, 0.6) is 0 Å². The van der Waals surface area contributed by atoms with Crippen LogP contribution in [-0.4, -0.2) is 35.1 Å². The zero-order chi connectivity index (χ0) is 20.4. The van der Waals surface area contributed by atoms with Gasteiger partial charge in [-0.25, -0.2) is 9.80 Å². The first-order valence-corrected chi connectivity index (χ1v) is 9.05. The molecule has 0 unspecified atom stereocenters. The van der Waals surface area contributed by atoms with Gasteiger partial charge in [0.2, 0.25) is 5.91 Å². The topological polar surface area (TPSA) is 88.1 Å². The van der Waals surface area contributed by atoms with Crippen molar-refractivity contribution in [2.75, 3.05) is 5.01 Å². The Balaban J connectivity index is 2.14. The SMILES string of the molecule is Cc1ccc(N2N=C(C(=O)O[C@H](C)C(=O)NC(C)(C)C)CCC2=O)cc1Cl. The normalized spacial score (nSPS) is 15.9. The monoisotopic (exact) mass is 393 g/mol. The Morgan fingerprint density at radius 3 is 2.56 bits per heavy atom. The number of aryl methyl sites for hydroxylation is 1. The Kier molecular flexibility index (Phi) is 6.26. The minimum absolute atomic E-state index is 0.0849. The first kappa shape index (κ1) is 20.9. The molecule has 0 saturated carbocycles. The number of carbonyl (C=O) groups is 3. The number of esters is 1. The second kappa shape index (κ2) is 8.08. The Bertz CT molecular complexity index is 799. The van der Waals surface area contributed by atoms with Gasteiger partial charge in [0.25, 0.3) is 5.91 Å². The van der Waals surface area contributed by atoms with E-state index in [1.54, 1.807) is 18.2 Å². The molecule has 1 heterocycles. The number of nitrogens with one attached hydrogen (secondary N) is 1. The van der Waals surface area contributed by atoms with E-state index in [0.29, 0.717) is 10.7 Å². The molecule has 0 radical (unpaired) electrons.